The fraction of sp³-hybridized carbons (Fsp3) is 0.211. The zero-order chi connectivity index (χ0) is 22.5. The Morgan fingerprint density at radius 1 is 1.16 bits per heavy atom. The first kappa shape index (κ1) is 22.4. The highest BCUT2D eigenvalue weighted by Crippen LogP contribution is 2.26. The lowest BCUT2D eigenvalue weighted by atomic mass is 10.1. The Labute approximate surface area is 186 Å². The number of nitro benzene ring substituents is 1. The summed E-state index contributed by atoms with van der Waals surface area (Å²) >= 11 is 11.0. The summed E-state index contributed by atoms with van der Waals surface area (Å²) in [7, 11) is 0. The number of amides is 1. The van der Waals surface area contributed by atoms with E-state index in [0.29, 0.717) is 37.7 Å². The number of halogens is 1. The van der Waals surface area contributed by atoms with Gasteiger partial charge in [-0.15, -0.1) is 0 Å². The van der Waals surface area contributed by atoms with Crippen LogP contribution in [-0.4, -0.2) is 53.3 Å². The minimum Gasteiger partial charge on any atom is -0.478 e. The van der Waals surface area contributed by atoms with E-state index in [-0.39, 0.29) is 26.9 Å². The minimum absolute atomic E-state index is 0.0553. The van der Waals surface area contributed by atoms with Crippen molar-refractivity contribution in [3.63, 3.8) is 0 Å². The number of hydrogen-bond donors (Lipinski definition) is 3. The molecule has 12 heteroatoms. The van der Waals surface area contributed by atoms with Crippen LogP contribution in [0.2, 0.25) is 5.02 Å². The van der Waals surface area contributed by atoms with Gasteiger partial charge in [0.2, 0.25) is 0 Å². The van der Waals surface area contributed by atoms with Crippen LogP contribution in [0.4, 0.5) is 17.1 Å². The SMILES string of the molecule is O=C(O)c1cc(NC(=S)NC(=O)c2cc([N+](=O)[O-])ccc2N2CCOCC2)ccc1Cl. The molecule has 3 rings (SSSR count). The summed E-state index contributed by atoms with van der Waals surface area (Å²) in [4.78, 5) is 36.6. The molecule has 162 valence electrons. The number of nitro groups is 1. The summed E-state index contributed by atoms with van der Waals surface area (Å²) in [5.41, 5.74) is 0.551. The van der Waals surface area contributed by atoms with Crippen molar-refractivity contribution in [2.75, 3.05) is 36.5 Å². The highest BCUT2D eigenvalue weighted by Gasteiger charge is 2.23. The van der Waals surface area contributed by atoms with Crippen molar-refractivity contribution in [3.05, 3.63) is 62.7 Å². The average molecular weight is 465 g/mol. The van der Waals surface area contributed by atoms with Crippen molar-refractivity contribution in [1.82, 2.24) is 5.32 Å². The lowest BCUT2D eigenvalue weighted by molar-refractivity contribution is -0.384. The first-order chi connectivity index (χ1) is 14.8. The molecule has 1 fully saturated rings. The number of carbonyl (C=O) groups is 2. The van der Waals surface area contributed by atoms with Crippen LogP contribution in [0.15, 0.2) is 36.4 Å². The van der Waals surface area contributed by atoms with Crippen LogP contribution in [0, 0.1) is 10.1 Å². The summed E-state index contributed by atoms with van der Waals surface area (Å²) in [6, 6.07) is 8.20. The van der Waals surface area contributed by atoms with E-state index in [0.717, 1.165) is 0 Å². The Morgan fingerprint density at radius 3 is 2.52 bits per heavy atom. The van der Waals surface area contributed by atoms with Gasteiger partial charge in [-0.3, -0.25) is 20.2 Å². The Bertz CT molecular complexity index is 1060. The van der Waals surface area contributed by atoms with Gasteiger partial charge in [0.1, 0.15) is 0 Å². The van der Waals surface area contributed by atoms with E-state index in [2.05, 4.69) is 10.6 Å². The second kappa shape index (κ2) is 9.69. The first-order valence-electron chi connectivity index (χ1n) is 9.02. The van der Waals surface area contributed by atoms with E-state index in [1.54, 1.807) is 0 Å². The van der Waals surface area contributed by atoms with Crippen LogP contribution in [0.25, 0.3) is 0 Å². The smallest absolute Gasteiger partial charge is 0.337 e. The molecule has 0 saturated carbocycles. The maximum atomic E-state index is 12.9. The highest BCUT2D eigenvalue weighted by atomic mass is 35.5. The molecule has 1 amide bonds. The topological polar surface area (TPSA) is 134 Å². The lowest BCUT2D eigenvalue weighted by Gasteiger charge is -2.30. The van der Waals surface area contributed by atoms with E-state index < -0.39 is 16.8 Å². The van der Waals surface area contributed by atoms with Gasteiger partial charge in [-0.25, -0.2) is 4.79 Å². The highest BCUT2D eigenvalue weighted by molar-refractivity contribution is 7.80. The van der Waals surface area contributed by atoms with Crippen LogP contribution in [0.1, 0.15) is 20.7 Å². The van der Waals surface area contributed by atoms with Crippen LogP contribution >= 0.6 is 23.8 Å². The zero-order valence-corrected chi connectivity index (χ0v) is 17.5. The molecule has 2 aromatic rings. The number of nitrogens with zero attached hydrogens (tertiary/aromatic N) is 2. The van der Waals surface area contributed by atoms with E-state index in [1.807, 2.05) is 4.90 Å². The molecule has 10 nitrogen and oxygen atoms in total. The number of carboxylic acid groups (broad SMARTS) is 1. The van der Waals surface area contributed by atoms with Crippen molar-refractivity contribution in [2.45, 2.75) is 0 Å². The largest absolute Gasteiger partial charge is 0.478 e. The van der Waals surface area contributed by atoms with Crippen LogP contribution in [-0.2, 0) is 4.74 Å². The Balaban J connectivity index is 1.81. The molecule has 0 unspecified atom stereocenters. The maximum absolute atomic E-state index is 12.9. The second-order valence-corrected chi connectivity index (χ2v) is 7.28. The van der Waals surface area contributed by atoms with Crippen molar-refractivity contribution < 1.29 is 24.4 Å². The molecular weight excluding hydrogens is 448 g/mol. The third-order valence-electron chi connectivity index (χ3n) is 4.47. The third-order valence-corrected chi connectivity index (χ3v) is 5.00. The van der Waals surface area contributed by atoms with Crippen molar-refractivity contribution >= 4 is 57.9 Å². The fourth-order valence-corrected chi connectivity index (χ4v) is 3.41. The summed E-state index contributed by atoms with van der Waals surface area (Å²) in [6.45, 7) is 2.01. The number of thiocarbonyl (C=S) groups is 1. The number of carboxylic acids is 1. The van der Waals surface area contributed by atoms with Crippen molar-refractivity contribution in [1.29, 1.82) is 0 Å². The number of ether oxygens (including phenoxy) is 1. The number of benzene rings is 2. The maximum Gasteiger partial charge on any atom is 0.337 e. The molecule has 1 aliphatic rings. The monoisotopic (exact) mass is 464 g/mol. The molecule has 0 radical (unpaired) electrons. The van der Waals surface area contributed by atoms with Crippen LogP contribution < -0.4 is 15.5 Å². The van der Waals surface area contributed by atoms with Gasteiger partial charge in [-0.2, -0.15) is 0 Å². The Kier molecular flexibility index (Phi) is 7.00. The van der Waals surface area contributed by atoms with Gasteiger partial charge in [0.15, 0.2) is 5.11 Å². The van der Waals surface area contributed by atoms with Gasteiger partial charge in [-0.1, -0.05) is 11.6 Å². The molecule has 0 atom stereocenters. The van der Waals surface area contributed by atoms with Crippen molar-refractivity contribution in [2.24, 2.45) is 0 Å². The molecule has 0 spiro atoms. The standard InChI is InChI=1S/C19H17ClN4O6S/c20-15-3-1-11(9-13(15)18(26)27)21-19(31)22-17(25)14-10-12(24(28)29)2-4-16(14)23-5-7-30-8-6-23/h1-4,9-10H,5-8H2,(H,26,27)(H2,21,22,25,31). The number of nitrogens with one attached hydrogen (secondary N) is 2. The van der Waals surface area contributed by atoms with Crippen LogP contribution in [0.3, 0.4) is 0 Å². The molecule has 1 aliphatic heterocycles. The fourth-order valence-electron chi connectivity index (χ4n) is 3.00. The summed E-state index contributed by atoms with van der Waals surface area (Å²) < 4.78 is 5.32. The van der Waals surface area contributed by atoms with Gasteiger partial charge >= 0.3 is 5.97 Å². The summed E-state index contributed by atoms with van der Waals surface area (Å²) in [6.07, 6.45) is 0. The molecular formula is C19H17ClN4O6S. The first-order valence-corrected chi connectivity index (χ1v) is 9.81. The summed E-state index contributed by atoms with van der Waals surface area (Å²) in [5.74, 6) is -1.86. The molecule has 3 N–H and O–H groups in total. The normalized spacial score (nSPS) is 13.4. The van der Waals surface area contributed by atoms with Gasteiger partial charge in [0, 0.05) is 30.9 Å². The molecule has 1 heterocycles. The summed E-state index contributed by atoms with van der Waals surface area (Å²) in [5, 5.41) is 25.5. The predicted molar refractivity (Wildman–Crippen MR) is 118 cm³/mol. The molecule has 31 heavy (non-hydrogen) atoms. The number of aromatic carboxylic acids is 1. The minimum atomic E-state index is -1.21. The van der Waals surface area contributed by atoms with E-state index in [1.165, 1.54) is 36.4 Å². The van der Waals surface area contributed by atoms with Crippen molar-refractivity contribution in [3.8, 4) is 0 Å². The molecule has 0 aliphatic carbocycles. The number of carbonyl (C=O) groups excluding carboxylic acids is 1. The number of morpholine rings is 1. The van der Waals surface area contributed by atoms with Gasteiger partial charge in [0.05, 0.1) is 40.0 Å². The Hall–Kier alpha value is -3.28. The molecule has 2 aromatic carbocycles. The van der Waals surface area contributed by atoms with Gasteiger partial charge in [-0.05, 0) is 36.5 Å². The molecule has 0 bridgehead atoms. The molecule has 1 saturated heterocycles. The Morgan fingerprint density at radius 2 is 1.87 bits per heavy atom. The number of hydrogen-bond acceptors (Lipinski definition) is 7. The third kappa shape index (κ3) is 5.45. The predicted octanol–water partition coefficient (Wildman–Crippen LogP) is 2.91. The number of anilines is 2. The second-order valence-electron chi connectivity index (χ2n) is 6.47. The van der Waals surface area contributed by atoms with Crippen LogP contribution in [0.5, 0.6) is 0 Å². The zero-order valence-electron chi connectivity index (χ0n) is 16.0. The average Bonchev–Trinajstić information content (AvgIpc) is 2.75. The number of non-ortho nitro benzene ring substituents is 1. The lowest BCUT2D eigenvalue weighted by Crippen LogP contribution is -2.39. The van der Waals surface area contributed by atoms with E-state index >= 15 is 0 Å². The quantitative estimate of drug-likeness (QED) is 0.346. The van der Waals surface area contributed by atoms with Gasteiger partial charge < -0.3 is 20.1 Å². The number of rotatable bonds is 5. The van der Waals surface area contributed by atoms with Gasteiger partial charge in [0.25, 0.3) is 11.6 Å². The van der Waals surface area contributed by atoms with E-state index in [4.69, 9.17) is 33.7 Å². The van der Waals surface area contributed by atoms with E-state index in [9.17, 15) is 19.7 Å². The molecule has 0 aromatic heterocycles.